The maximum absolute atomic E-state index is 14.8. The van der Waals surface area contributed by atoms with Gasteiger partial charge in [0.15, 0.2) is 18.4 Å². The Labute approximate surface area is 317 Å². The largest absolute Gasteiger partial charge is 0.459 e. The lowest BCUT2D eigenvalue weighted by Crippen LogP contribution is -2.41. The smallest absolute Gasteiger partial charge is 0.338 e. The average molecular weight is 761 g/mol. The van der Waals surface area contributed by atoms with E-state index in [4.69, 9.17) is 30.5 Å². The first-order chi connectivity index (χ1) is 26.7. The van der Waals surface area contributed by atoms with E-state index < -0.39 is 71.8 Å². The lowest BCUT2D eigenvalue weighted by molar-refractivity contribution is -0.0605. The van der Waals surface area contributed by atoms with Crippen LogP contribution in [0.5, 0.6) is 0 Å². The summed E-state index contributed by atoms with van der Waals surface area (Å²) in [6.07, 6.45) is -4.41. The second kappa shape index (κ2) is 16.2. The molecule has 5 aromatic carbocycles. The van der Waals surface area contributed by atoms with Gasteiger partial charge < -0.3 is 28.8 Å². The summed E-state index contributed by atoms with van der Waals surface area (Å²) in [6, 6.07) is 33.8. The minimum absolute atomic E-state index is 0.0928. The fourth-order valence-electron chi connectivity index (χ4n) is 6.11. The minimum Gasteiger partial charge on any atom is -0.459 e. The number of amides is 1. The number of fused-ring (bicyclic) bond motifs is 1. The number of nitrogens with zero attached hydrogens (tertiary/aromatic N) is 1. The monoisotopic (exact) mass is 760 g/mol. The molecule has 0 unspecified atom stereocenters. The van der Waals surface area contributed by atoms with Crippen LogP contribution in [0.15, 0.2) is 144 Å². The van der Waals surface area contributed by atoms with Crippen molar-refractivity contribution in [3.05, 3.63) is 183 Å². The third kappa shape index (κ3) is 8.15. The number of hydrogen-bond acceptors (Lipinski definition) is 9. The van der Waals surface area contributed by atoms with Crippen LogP contribution in [0.2, 0.25) is 5.02 Å². The van der Waals surface area contributed by atoms with Crippen molar-refractivity contribution in [2.24, 2.45) is 0 Å². The highest BCUT2D eigenvalue weighted by atomic mass is 35.5. The second-order valence-corrected chi connectivity index (χ2v) is 12.8. The molecule has 13 heteroatoms. The molecule has 6 aromatic rings. The number of anilines is 1. The maximum atomic E-state index is 14.8. The molecule has 0 spiro atoms. The Morgan fingerprint density at radius 2 is 1.25 bits per heavy atom. The molecule has 11 nitrogen and oxygen atoms in total. The van der Waals surface area contributed by atoms with E-state index >= 15 is 0 Å². The lowest BCUT2D eigenvalue weighted by Gasteiger charge is -2.26. The van der Waals surface area contributed by atoms with Gasteiger partial charge in [-0.1, -0.05) is 66.2 Å². The van der Waals surface area contributed by atoms with Crippen molar-refractivity contribution in [3.8, 4) is 0 Å². The number of carbonyl (C=O) groups is 4. The Morgan fingerprint density at radius 3 is 1.84 bits per heavy atom. The number of halogens is 2. The normalized spacial score (nSPS) is 17.6. The van der Waals surface area contributed by atoms with E-state index in [2.05, 4.69) is 5.32 Å². The Morgan fingerprint density at radius 1 is 0.709 bits per heavy atom. The molecule has 1 aliphatic rings. The molecule has 1 saturated heterocycles. The van der Waals surface area contributed by atoms with Crippen LogP contribution in [-0.4, -0.2) is 53.3 Å². The third-order valence-corrected chi connectivity index (χ3v) is 9.05. The number of ether oxygens (including phenoxy) is 4. The van der Waals surface area contributed by atoms with Crippen LogP contribution in [-0.2, 0) is 18.9 Å². The summed E-state index contributed by atoms with van der Waals surface area (Å²) in [5.74, 6) is -3.93. The summed E-state index contributed by atoms with van der Waals surface area (Å²) >= 11 is 6.00. The average Bonchev–Trinajstić information content (AvgIpc) is 3.54. The molecule has 1 amide bonds. The molecule has 0 radical (unpaired) electrons. The number of nitrogens with one attached hydrogen (secondary N) is 1. The highest BCUT2D eigenvalue weighted by molar-refractivity contribution is 6.30. The van der Waals surface area contributed by atoms with Crippen LogP contribution in [0.3, 0.4) is 0 Å². The molecule has 1 aliphatic heterocycles. The number of benzene rings is 5. The number of esters is 3. The summed E-state index contributed by atoms with van der Waals surface area (Å²) in [7, 11) is 0. The molecule has 1 aromatic heterocycles. The van der Waals surface area contributed by atoms with Crippen LogP contribution in [0, 0.1) is 5.82 Å². The molecule has 4 atom stereocenters. The van der Waals surface area contributed by atoms with Crippen molar-refractivity contribution in [1.29, 1.82) is 0 Å². The van der Waals surface area contributed by atoms with Gasteiger partial charge in [0.1, 0.15) is 24.1 Å². The molecule has 0 saturated carbocycles. The fraction of sp³-hybridized carbons (Fsp3) is 0.119. The zero-order valence-electron chi connectivity index (χ0n) is 28.7. The van der Waals surface area contributed by atoms with E-state index in [1.807, 2.05) is 0 Å². The van der Waals surface area contributed by atoms with Gasteiger partial charge >= 0.3 is 17.9 Å². The Kier molecular flexibility index (Phi) is 10.8. The Hall–Kier alpha value is -6.63. The van der Waals surface area contributed by atoms with Gasteiger partial charge in [-0.3, -0.25) is 9.59 Å². The highest BCUT2D eigenvalue weighted by Crippen LogP contribution is 2.37. The van der Waals surface area contributed by atoms with E-state index in [1.54, 1.807) is 78.9 Å². The standard InChI is InChI=1S/C42H30ClFN2O9/c43-28-16-19-30(20-17-28)45-38(48)32-23-46(33-21-18-29(44)22-31(33)35(32)47)39-37(55-42(51)27-14-8-3-9-15-27)36(54-41(50)26-12-6-2-7-13-26)34(53-39)24-52-40(49)25-10-4-1-5-11-25/h1-23,34,36-37,39H,24H2,(H,45,48)/t34-,36-,37-,39-/m1/s1. The summed E-state index contributed by atoms with van der Waals surface area (Å²) < 4.78 is 40.3. The zero-order chi connectivity index (χ0) is 38.5. The first-order valence-electron chi connectivity index (χ1n) is 17.0. The maximum Gasteiger partial charge on any atom is 0.338 e. The van der Waals surface area contributed by atoms with Crippen LogP contribution < -0.4 is 10.7 Å². The van der Waals surface area contributed by atoms with Crippen LogP contribution in [0.25, 0.3) is 10.9 Å². The summed E-state index contributed by atoms with van der Waals surface area (Å²) in [4.78, 5) is 67.9. The first kappa shape index (κ1) is 36.7. The van der Waals surface area contributed by atoms with E-state index in [-0.39, 0.29) is 27.6 Å². The van der Waals surface area contributed by atoms with Gasteiger partial charge in [-0.2, -0.15) is 0 Å². The van der Waals surface area contributed by atoms with E-state index in [1.165, 1.54) is 53.2 Å². The molecule has 55 heavy (non-hydrogen) atoms. The summed E-state index contributed by atoms with van der Waals surface area (Å²) in [5.41, 5.74) is -0.232. The number of pyridine rings is 1. The van der Waals surface area contributed by atoms with Crippen LogP contribution in [0.1, 0.15) is 47.7 Å². The predicted octanol–water partition coefficient (Wildman–Crippen LogP) is 7.25. The van der Waals surface area contributed by atoms with Gasteiger partial charge in [0.05, 0.1) is 22.2 Å². The SMILES string of the molecule is O=C(OC[C@H]1O[C@@H](n2cc(C(=O)Nc3ccc(Cl)cc3)c(=O)c3cc(F)ccc32)[C@H](OC(=O)c2ccccc2)[C@@H]1OC(=O)c1ccccc1)c1ccccc1. The van der Waals surface area contributed by atoms with Crippen molar-refractivity contribution in [2.75, 3.05) is 11.9 Å². The molecule has 7 rings (SSSR count). The van der Waals surface area contributed by atoms with Crippen molar-refractivity contribution in [2.45, 2.75) is 24.5 Å². The molecule has 276 valence electrons. The quantitative estimate of drug-likeness (QED) is 0.113. The van der Waals surface area contributed by atoms with E-state index in [0.717, 1.165) is 12.1 Å². The molecule has 0 aliphatic carbocycles. The highest BCUT2D eigenvalue weighted by Gasteiger charge is 2.51. The Bertz CT molecular complexity index is 2430. The molecule has 2 heterocycles. The predicted molar refractivity (Wildman–Crippen MR) is 199 cm³/mol. The van der Waals surface area contributed by atoms with E-state index in [0.29, 0.717) is 10.7 Å². The van der Waals surface area contributed by atoms with Crippen molar-refractivity contribution in [3.63, 3.8) is 0 Å². The van der Waals surface area contributed by atoms with Gasteiger partial charge in [-0.05, 0) is 78.9 Å². The topological polar surface area (TPSA) is 139 Å². The number of rotatable bonds is 10. The van der Waals surface area contributed by atoms with Gasteiger partial charge in [-0.25, -0.2) is 18.8 Å². The van der Waals surface area contributed by atoms with Gasteiger partial charge in [0.25, 0.3) is 5.91 Å². The van der Waals surface area contributed by atoms with Crippen molar-refractivity contribution >= 4 is 52.0 Å². The third-order valence-electron chi connectivity index (χ3n) is 8.79. The summed E-state index contributed by atoms with van der Waals surface area (Å²) in [6.45, 7) is -0.479. The second-order valence-electron chi connectivity index (χ2n) is 12.4. The van der Waals surface area contributed by atoms with E-state index in [9.17, 15) is 28.4 Å². The van der Waals surface area contributed by atoms with Gasteiger partial charge in [-0.15, -0.1) is 0 Å². The minimum atomic E-state index is -1.48. The van der Waals surface area contributed by atoms with Crippen LogP contribution in [0.4, 0.5) is 10.1 Å². The number of aromatic nitrogens is 1. The van der Waals surface area contributed by atoms with Crippen LogP contribution >= 0.6 is 11.6 Å². The van der Waals surface area contributed by atoms with Gasteiger partial charge in [0, 0.05) is 22.3 Å². The molecular weight excluding hydrogens is 731 g/mol. The first-order valence-corrected chi connectivity index (χ1v) is 17.3. The zero-order valence-corrected chi connectivity index (χ0v) is 29.4. The van der Waals surface area contributed by atoms with Crippen molar-refractivity contribution < 1.29 is 42.5 Å². The molecule has 1 N–H and O–H groups in total. The lowest BCUT2D eigenvalue weighted by atomic mass is 10.1. The summed E-state index contributed by atoms with van der Waals surface area (Å²) in [5, 5.41) is 2.86. The molecule has 0 bridgehead atoms. The number of hydrogen-bond donors (Lipinski definition) is 1. The fourth-order valence-corrected chi connectivity index (χ4v) is 6.24. The van der Waals surface area contributed by atoms with Crippen molar-refractivity contribution in [1.82, 2.24) is 4.57 Å². The Balaban J connectivity index is 1.34. The number of carbonyl (C=O) groups excluding carboxylic acids is 4. The molecule has 1 fully saturated rings. The molecular formula is C42H30ClFN2O9. The van der Waals surface area contributed by atoms with Gasteiger partial charge in [0.2, 0.25) is 5.43 Å².